The first-order valence-electron chi connectivity index (χ1n) is 8.93. The highest BCUT2D eigenvalue weighted by Crippen LogP contribution is 2.18. The second-order valence-corrected chi connectivity index (χ2v) is 6.44. The van der Waals surface area contributed by atoms with Crippen molar-refractivity contribution in [1.82, 2.24) is 15.2 Å². The second-order valence-electron chi connectivity index (χ2n) is 6.44. The van der Waals surface area contributed by atoms with Crippen LogP contribution < -0.4 is 10.7 Å². The number of rotatable bonds is 5. The highest BCUT2D eigenvalue weighted by atomic mass is 16.4. The number of carboxylic acids is 1. The smallest absolute Gasteiger partial charge is 0.339 e. The number of carbonyl (C=O) groups excluding carboxylic acids is 1. The van der Waals surface area contributed by atoms with Crippen LogP contribution in [-0.2, 0) is 0 Å². The summed E-state index contributed by atoms with van der Waals surface area (Å²) in [6.07, 6.45) is 0. The average Bonchev–Trinajstić information content (AvgIpc) is 3.01. The maximum Gasteiger partial charge on any atom is 0.339 e. The third-order valence-electron chi connectivity index (χ3n) is 4.37. The van der Waals surface area contributed by atoms with Crippen LogP contribution in [0.2, 0.25) is 0 Å². The maximum absolute atomic E-state index is 12.1. The molecule has 148 valence electrons. The van der Waals surface area contributed by atoms with Crippen LogP contribution in [0.3, 0.4) is 0 Å². The van der Waals surface area contributed by atoms with Gasteiger partial charge in [0.05, 0.1) is 28.4 Å². The number of urea groups is 1. The lowest BCUT2D eigenvalue weighted by Gasteiger charge is -2.07. The molecule has 8 heteroatoms. The van der Waals surface area contributed by atoms with Crippen molar-refractivity contribution in [1.29, 1.82) is 0 Å². The Bertz CT molecular complexity index is 1070. The number of nitrogens with zero attached hydrogens (tertiary/aromatic N) is 3. The minimum Gasteiger partial charge on any atom is -0.478 e. The van der Waals surface area contributed by atoms with E-state index < -0.39 is 12.0 Å². The number of aromatic carboxylic acids is 1. The molecule has 3 aromatic rings. The molecule has 0 unspecified atom stereocenters. The van der Waals surface area contributed by atoms with Crippen LogP contribution >= 0.6 is 0 Å². The number of hydrogen-bond acceptors (Lipinski definition) is 4. The van der Waals surface area contributed by atoms with Gasteiger partial charge in [0.1, 0.15) is 0 Å². The number of hydrogen-bond donors (Lipinski definition) is 3. The van der Waals surface area contributed by atoms with Gasteiger partial charge in [-0.05, 0) is 57.2 Å². The van der Waals surface area contributed by atoms with Gasteiger partial charge in [-0.1, -0.05) is 18.2 Å². The third-order valence-corrected chi connectivity index (χ3v) is 4.37. The Morgan fingerprint density at radius 3 is 2.31 bits per heavy atom. The molecule has 29 heavy (non-hydrogen) atoms. The summed E-state index contributed by atoms with van der Waals surface area (Å²) >= 11 is 0. The van der Waals surface area contributed by atoms with E-state index in [0.717, 1.165) is 22.6 Å². The molecule has 0 spiro atoms. The summed E-state index contributed by atoms with van der Waals surface area (Å²) in [6, 6.07) is 15.1. The van der Waals surface area contributed by atoms with Crippen LogP contribution in [0, 0.1) is 13.8 Å². The molecule has 0 bridgehead atoms. The third kappa shape index (κ3) is 4.49. The zero-order chi connectivity index (χ0) is 21.0. The number of amides is 2. The number of benzene rings is 2. The lowest BCUT2D eigenvalue weighted by atomic mass is 10.1. The van der Waals surface area contributed by atoms with Crippen molar-refractivity contribution in [2.24, 2.45) is 5.10 Å². The summed E-state index contributed by atoms with van der Waals surface area (Å²) in [5, 5.41) is 20.3. The molecular weight excluding hydrogens is 370 g/mol. The summed E-state index contributed by atoms with van der Waals surface area (Å²) in [6.45, 7) is 5.64. The van der Waals surface area contributed by atoms with E-state index in [1.807, 2.05) is 48.9 Å². The Morgan fingerprint density at radius 1 is 1.03 bits per heavy atom. The van der Waals surface area contributed by atoms with Gasteiger partial charge in [0.15, 0.2) is 0 Å². The van der Waals surface area contributed by atoms with Crippen molar-refractivity contribution in [2.75, 3.05) is 5.32 Å². The van der Waals surface area contributed by atoms with Gasteiger partial charge in [-0.25, -0.2) is 19.7 Å². The minimum atomic E-state index is -1.02. The van der Waals surface area contributed by atoms with Crippen molar-refractivity contribution in [3.63, 3.8) is 0 Å². The molecule has 0 aliphatic carbocycles. The lowest BCUT2D eigenvalue weighted by molar-refractivity contribution is 0.0697. The van der Waals surface area contributed by atoms with E-state index in [9.17, 15) is 9.59 Å². The zero-order valence-electron chi connectivity index (χ0n) is 16.3. The standard InChI is InChI=1S/C21H21N5O3/c1-13(19-14(2)25-26(15(19)3)18-7-5-4-6-8-18)23-24-21(29)22-17-11-9-16(10-12-17)20(27)28/h4-12H,1-3H3,(H,27,28)(H2,22,24,29)/b23-13+. The number of anilines is 1. The van der Waals surface area contributed by atoms with Crippen LogP contribution in [0.1, 0.15) is 34.2 Å². The SMILES string of the molecule is C/C(=N\NC(=O)Nc1ccc(C(=O)O)cc1)c1c(C)nn(-c2ccccc2)c1C. The van der Waals surface area contributed by atoms with Crippen molar-refractivity contribution >= 4 is 23.4 Å². The molecular formula is C21H21N5O3. The van der Waals surface area contributed by atoms with Crippen LogP contribution in [0.5, 0.6) is 0 Å². The number of para-hydroxylation sites is 1. The molecule has 1 heterocycles. The largest absolute Gasteiger partial charge is 0.478 e. The summed E-state index contributed by atoms with van der Waals surface area (Å²) < 4.78 is 1.84. The highest BCUT2D eigenvalue weighted by molar-refractivity contribution is 6.01. The molecule has 0 aliphatic heterocycles. The van der Waals surface area contributed by atoms with Crippen LogP contribution in [0.15, 0.2) is 59.7 Å². The van der Waals surface area contributed by atoms with E-state index in [0.29, 0.717) is 11.4 Å². The van der Waals surface area contributed by atoms with Gasteiger partial charge in [-0.15, -0.1) is 0 Å². The molecule has 1 aromatic heterocycles. The zero-order valence-corrected chi connectivity index (χ0v) is 16.3. The predicted octanol–water partition coefficient (Wildman–Crippen LogP) is 3.73. The van der Waals surface area contributed by atoms with Gasteiger partial charge in [-0.3, -0.25) is 0 Å². The number of carbonyl (C=O) groups is 2. The lowest BCUT2D eigenvalue weighted by Crippen LogP contribution is -2.25. The van der Waals surface area contributed by atoms with Gasteiger partial charge in [0, 0.05) is 11.3 Å². The van der Waals surface area contributed by atoms with Gasteiger partial charge in [0.2, 0.25) is 0 Å². The fourth-order valence-electron chi connectivity index (χ4n) is 3.03. The molecule has 0 fully saturated rings. The second kappa shape index (κ2) is 8.39. The van der Waals surface area contributed by atoms with E-state index in [1.165, 1.54) is 24.3 Å². The number of aromatic nitrogens is 2. The van der Waals surface area contributed by atoms with E-state index in [2.05, 4.69) is 20.9 Å². The Kier molecular flexibility index (Phi) is 5.73. The predicted molar refractivity (Wildman–Crippen MR) is 111 cm³/mol. The fourth-order valence-corrected chi connectivity index (χ4v) is 3.03. The Hall–Kier alpha value is -3.94. The van der Waals surface area contributed by atoms with Crippen LogP contribution in [0.25, 0.3) is 5.69 Å². The number of aryl methyl sites for hydroxylation is 1. The van der Waals surface area contributed by atoms with Gasteiger partial charge in [-0.2, -0.15) is 10.2 Å². The first kappa shape index (κ1) is 19.8. The van der Waals surface area contributed by atoms with E-state index in [-0.39, 0.29) is 5.56 Å². The molecule has 3 rings (SSSR count). The summed E-state index contributed by atoms with van der Waals surface area (Å²) in [4.78, 5) is 23.0. The van der Waals surface area contributed by atoms with Gasteiger partial charge < -0.3 is 10.4 Å². The maximum atomic E-state index is 12.1. The molecule has 2 amide bonds. The van der Waals surface area contributed by atoms with Crippen molar-refractivity contribution in [3.05, 3.63) is 77.1 Å². The molecule has 0 radical (unpaired) electrons. The number of hydrazone groups is 1. The monoisotopic (exact) mass is 391 g/mol. The van der Waals surface area contributed by atoms with Crippen molar-refractivity contribution in [3.8, 4) is 5.69 Å². The molecule has 0 saturated heterocycles. The van der Waals surface area contributed by atoms with Crippen LogP contribution in [0.4, 0.5) is 10.5 Å². The highest BCUT2D eigenvalue weighted by Gasteiger charge is 2.15. The Morgan fingerprint density at radius 2 is 1.69 bits per heavy atom. The fraction of sp³-hybridized carbons (Fsp3) is 0.143. The molecule has 0 saturated carbocycles. The molecule has 8 nitrogen and oxygen atoms in total. The van der Waals surface area contributed by atoms with Crippen molar-refractivity contribution < 1.29 is 14.7 Å². The van der Waals surface area contributed by atoms with E-state index in [4.69, 9.17) is 5.11 Å². The molecule has 3 N–H and O–H groups in total. The molecule has 0 aliphatic rings. The van der Waals surface area contributed by atoms with Crippen LogP contribution in [-0.4, -0.2) is 32.6 Å². The van der Waals surface area contributed by atoms with Gasteiger partial charge >= 0.3 is 12.0 Å². The summed E-state index contributed by atoms with van der Waals surface area (Å²) in [7, 11) is 0. The minimum absolute atomic E-state index is 0.145. The average molecular weight is 391 g/mol. The van der Waals surface area contributed by atoms with E-state index in [1.54, 1.807) is 6.92 Å². The normalized spacial score (nSPS) is 11.2. The quantitative estimate of drug-likeness (QED) is 0.455. The number of carboxylic acid groups (broad SMARTS) is 1. The first-order chi connectivity index (χ1) is 13.9. The summed E-state index contributed by atoms with van der Waals surface area (Å²) in [5.41, 5.74) is 7.22. The topological polar surface area (TPSA) is 109 Å². The van der Waals surface area contributed by atoms with Crippen molar-refractivity contribution in [2.45, 2.75) is 20.8 Å². The van der Waals surface area contributed by atoms with E-state index >= 15 is 0 Å². The Balaban J connectivity index is 1.72. The number of nitrogens with one attached hydrogen (secondary N) is 2. The molecule has 0 atom stereocenters. The van der Waals surface area contributed by atoms with Gasteiger partial charge in [0.25, 0.3) is 0 Å². The molecule has 2 aromatic carbocycles. The summed E-state index contributed by atoms with van der Waals surface area (Å²) in [5.74, 6) is -1.02. The first-order valence-corrected chi connectivity index (χ1v) is 8.93. The Labute approximate surface area is 167 Å².